The molecule has 0 aromatic carbocycles. The van der Waals surface area contributed by atoms with Crippen molar-refractivity contribution in [2.24, 2.45) is 10.9 Å². The Hall–Kier alpha value is -0.780. The lowest BCUT2D eigenvalue weighted by atomic mass is 9.96. The van der Waals surface area contributed by atoms with Gasteiger partial charge in [0, 0.05) is 51.2 Å². The Morgan fingerprint density at radius 3 is 2.87 bits per heavy atom. The normalized spacial score (nSPS) is 16.6. The van der Waals surface area contributed by atoms with Crippen LogP contribution in [0.3, 0.4) is 0 Å². The Morgan fingerprint density at radius 1 is 1.43 bits per heavy atom. The number of ether oxygens (including phenoxy) is 1. The fourth-order valence-electron chi connectivity index (χ4n) is 2.74. The van der Waals surface area contributed by atoms with Crippen molar-refractivity contribution in [2.75, 3.05) is 39.9 Å². The molecule has 1 aromatic heterocycles. The van der Waals surface area contributed by atoms with Crippen LogP contribution in [0.5, 0.6) is 0 Å². The molecular formula is C17H28ClN3OS. The first-order valence-corrected chi connectivity index (χ1v) is 9.70. The summed E-state index contributed by atoms with van der Waals surface area (Å²) in [5.41, 5.74) is 0. The van der Waals surface area contributed by atoms with E-state index >= 15 is 0 Å². The van der Waals surface area contributed by atoms with Crippen LogP contribution in [0.15, 0.2) is 17.1 Å². The van der Waals surface area contributed by atoms with Crippen LogP contribution >= 0.6 is 22.9 Å². The summed E-state index contributed by atoms with van der Waals surface area (Å²) in [6, 6.07) is 4.04. The minimum Gasteiger partial charge on any atom is -0.381 e. The number of halogens is 1. The zero-order valence-electron chi connectivity index (χ0n) is 14.2. The molecule has 1 fully saturated rings. The zero-order chi connectivity index (χ0) is 16.5. The summed E-state index contributed by atoms with van der Waals surface area (Å²) in [4.78, 5) is 8.29. The standard InChI is InChI=1S/C17H28ClN3OS/c1-3-19-17(20-10-6-15-4-5-16(18)23-15)21(2)11-7-14-8-12-22-13-9-14/h4-5,14H,3,6-13H2,1-2H3,(H,19,20). The second-order valence-corrected chi connectivity index (χ2v) is 7.76. The molecule has 1 aromatic rings. The van der Waals surface area contributed by atoms with E-state index in [1.807, 2.05) is 6.07 Å². The molecule has 0 aliphatic carbocycles. The van der Waals surface area contributed by atoms with E-state index in [0.717, 1.165) is 55.5 Å². The maximum atomic E-state index is 5.97. The molecule has 0 saturated carbocycles. The number of thiophene rings is 1. The molecular weight excluding hydrogens is 330 g/mol. The third-order valence-corrected chi connectivity index (χ3v) is 5.45. The quantitative estimate of drug-likeness (QED) is 0.597. The van der Waals surface area contributed by atoms with Gasteiger partial charge in [-0.2, -0.15) is 0 Å². The van der Waals surface area contributed by atoms with Gasteiger partial charge in [-0.25, -0.2) is 0 Å². The molecule has 2 rings (SSSR count). The van der Waals surface area contributed by atoms with Crippen molar-refractivity contribution in [3.8, 4) is 0 Å². The molecule has 4 nitrogen and oxygen atoms in total. The van der Waals surface area contributed by atoms with Crippen molar-refractivity contribution in [1.29, 1.82) is 0 Å². The van der Waals surface area contributed by atoms with E-state index in [1.165, 1.54) is 24.1 Å². The number of guanidine groups is 1. The molecule has 0 bridgehead atoms. The first-order chi connectivity index (χ1) is 11.2. The van der Waals surface area contributed by atoms with Gasteiger partial charge < -0.3 is 15.0 Å². The predicted molar refractivity (Wildman–Crippen MR) is 99.8 cm³/mol. The van der Waals surface area contributed by atoms with Crippen LogP contribution in [0.2, 0.25) is 4.34 Å². The summed E-state index contributed by atoms with van der Waals surface area (Å²) in [5, 5.41) is 3.39. The Kier molecular flexibility index (Phi) is 8.20. The van der Waals surface area contributed by atoms with Gasteiger partial charge in [0.15, 0.2) is 5.96 Å². The zero-order valence-corrected chi connectivity index (χ0v) is 15.8. The van der Waals surface area contributed by atoms with E-state index in [0.29, 0.717) is 0 Å². The summed E-state index contributed by atoms with van der Waals surface area (Å²) in [6.45, 7) is 6.69. The third kappa shape index (κ3) is 6.69. The van der Waals surface area contributed by atoms with E-state index in [-0.39, 0.29) is 0 Å². The van der Waals surface area contributed by atoms with Gasteiger partial charge >= 0.3 is 0 Å². The Balaban J connectivity index is 1.78. The van der Waals surface area contributed by atoms with Gasteiger partial charge in [0.05, 0.1) is 4.34 Å². The number of aliphatic imine (C=N–C) groups is 1. The molecule has 1 aliphatic heterocycles. The van der Waals surface area contributed by atoms with Crippen molar-refractivity contribution < 1.29 is 4.74 Å². The highest BCUT2D eigenvalue weighted by molar-refractivity contribution is 7.16. The highest BCUT2D eigenvalue weighted by Gasteiger charge is 2.15. The molecule has 1 aliphatic rings. The van der Waals surface area contributed by atoms with E-state index in [2.05, 4.69) is 30.3 Å². The summed E-state index contributed by atoms with van der Waals surface area (Å²) in [5.74, 6) is 1.80. The number of nitrogens with zero attached hydrogens (tertiary/aromatic N) is 2. The van der Waals surface area contributed by atoms with Crippen molar-refractivity contribution in [1.82, 2.24) is 10.2 Å². The van der Waals surface area contributed by atoms with E-state index in [1.54, 1.807) is 11.3 Å². The van der Waals surface area contributed by atoms with Gasteiger partial charge in [-0.15, -0.1) is 11.3 Å². The lowest BCUT2D eigenvalue weighted by Crippen LogP contribution is -2.40. The third-order valence-electron chi connectivity index (χ3n) is 4.16. The van der Waals surface area contributed by atoms with Crippen LogP contribution in [-0.2, 0) is 11.2 Å². The number of hydrogen-bond acceptors (Lipinski definition) is 3. The van der Waals surface area contributed by atoms with Crippen LogP contribution in [0, 0.1) is 5.92 Å². The predicted octanol–water partition coefficient (Wildman–Crippen LogP) is 3.66. The number of nitrogens with one attached hydrogen (secondary N) is 1. The van der Waals surface area contributed by atoms with Crippen molar-refractivity contribution >= 4 is 28.9 Å². The van der Waals surface area contributed by atoms with E-state index in [9.17, 15) is 0 Å². The average molecular weight is 358 g/mol. The van der Waals surface area contributed by atoms with Crippen LogP contribution < -0.4 is 5.32 Å². The molecule has 130 valence electrons. The molecule has 1 saturated heterocycles. The Bertz CT molecular complexity index is 486. The lowest BCUT2D eigenvalue weighted by Gasteiger charge is -2.26. The molecule has 0 amide bonds. The summed E-state index contributed by atoms with van der Waals surface area (Å²) >= 11 is 7.61. The Morgan fingerprint density at radius 2 is 2.22 bits per heavy atom. The smallest absolute Gasteiger partial charge is 0.193 e. The second-order valence-electron chi connectivity index (χ2n) is 5.96. The highest BCUT2D eigenvalue weighted by atomic mass is 35.5. The molecule has 23 heavy (non-hydrogen) atoms. The van der Waals surface area contributed by atoms with Crippen LogP contribution in [0.25, 0.3) is 0 Å². The first kappa shape index (κ1) is 18.6. The summed E-state index contributed by atoms with van der Waals surface area (Å²) in [7, 11) is 2.13. The maximum absolute atomic E-state index is 5.97. The molecule has 2 heterocycles. The van der Waals surface area contributed by atoms with E-state index < -0.39 is 0 Å². The Labute approximate surface area is 148 Å². The SMILES string of the molecule is CCNC(=NCCc1ccc(Cl)s1)N(C)CCC1CCOCC1. The van der Waals surface area contributed by atoms with Crippen LogP contribution in [0.1, 0.15) is 31.1 Å². The average Bonchev–Trinajstić information content (AvgIpc) is 2.98. The monoisotopic (exact) mass is 357 g/mol. The fourth-order valence-corrected chi connectivity index (χ4v) is 3.82. The van der Waals surface area contributed by atoms with Crippen molar-refractivity contribution in [2.45, 2.75) is 32.6 Å². The lowest BCUT2D eigenvalue weighted by molar-refractivity contribution is 0.0625. The topological polar surface area (TPSA) is 36.9 Å². The van der Waals surface area contributed by atoms with Crippen LogP contribution in [0.4, 0.5) is 0 Å². The van der Waals surface area contributed by atoms with Gasteiger partial charge in [-0.1, -0.05) is 11.6 Å². The van der Waals surface area contributed by atoms with Gasteiger partial charge in [-0.05, 0) is 44.2 Å². The minimum atomic E-state index is 0.792. The van der Waals surface area contributed by atoms with Crippen molar-refractivity contribution in [3.63, 3.8) is 0 Å². The minimum absolute atomic E-state index is 0.792. The molecule has 1 N–H and O–H groups in total. The molecule has 0 radical (unpaired) electrons. The summed E-state index contributed by atoms with van der Waals surface area (Å²) < 4.78 is 6.28. The first-order valence-electron chi connectivity index (χ1n) is 8.50. The molecule has 0 unspecified atom stereocenters. The highest BCUT2D eigenvalue weighted by Crippen LogP contribution is 2.21. The van der Waals surface area contributed by atoms with Crippen molar-refractivity contribution in [3.05, 3.63) is 21.3 Å². The molecule has 0 spiro atoms. The molecule has 0 atom stereocenters. The van der Waals surface area contributed by atoms with Crippen LogP contribution in [-0.4, -0.2) is 50.8 Å². The van der Waals surface area contributed by atoms with Gasteiger partial charge in [0.2, 0.25) is 0 Å². The summed E-state index contributed by atoms with van der Waals surface area (Å²) in [6.07, 6.45) is 4.55. The van der Waals surface area contributed by atoms with Gasteiger partial charge in [-0.3, -0.25) is 4.99 Å². The maximum Gasteiger partial charge on any atom is 0.193 e. The van der Waals surface area contributed by atoms with Gasteiger partial charge in [0.1, 0.15) is 0 Å². The van der Waals surface area contributed by atoms with Gasteiger partial charge in [0.25, 0.3) is 0 Å². The molecule has 6 heteroatoms. The number of rotatable bonds is 7. The number of hydrogen-bond donors (Lipinski definition) is 1. The van der Waals surface area contributed by atoms with E-state index in [4.69, 9.17) is 21.3 Å². The largest absolute Gasteiger partial charge is 0.381 e. The fraction of sp³-hybridized carbons (Fsp3) is 0.706. The second kappa shape index (κ2) is 10.2.